The van der Waals surface area contributed by atoms with E-state index in [1.807, 2.05) is 0 Å². The quantitative estimate of drug-likeness (QED) is 0.787. The summed E-state index contributed by atoms with van der Waals surface area (Å²) in [5.41, 5.74) is 7.17. The Bertz CT molecular complexity index is 434. The number of rotatable bonds is 7. The van der Waals surface area contributed by atoms with E-state index in [4.69, 9.17) is 15.2 Å². The lowest BCUT2D eigenvalue weighted by molar-refractivity contribution is -0.260. The smallest absolute Gasteiger partial charge is 0.170 e. The molecule has 0 radical (unpaired) electrons. The molecule has 0 saturated heterocycles. The van der Waals surface area contributed by atoms with Gasteiger partial charge in [-0.15, -0.1) is 0 Å². The third-order valence-corrected chi connectivity index (χ3v) is 5.11. The molecule has 22 heavy (non-hydrogen) atoms. The van der Waals surface area contributed by atoms with Gasteiger partial charge in [0.25, 0.3) is 0 Å². The maximum absolute atomic E-state index is 5.81. The first kappa shape index (κ1) is 17.4. The van der Waals surface area contributed by atoms with E-state index in [2.05, 4.69) is 42.3 Å². The summed E-state index contributed by atoms with van der Waals surface area (Å²) in [6.45, 7) is 1.65. The molecule has 0 bridgehead atoms. The Morgan fingerprint density at radius 3 is 2.50 bits per heavy atom. The van der Waals surface area contributed by atoms with Gasteiger partial charge in [0.15, 0.2) is 5.79 Å². The summed E-state index contributed by atoms with van der Waals surface area (Å²) in [4.78, 5) is 2.45. The van der Waals surface area contributed by atoms with Gasteiger partial charge in [0.05, 0.1) is 0 Å². The molecule has 0 aromatic heterocycles. The molecule has 0 amide bonds. The average molecular weight is 306 g/mol. The van der Waals surface area contributed by atoms with Crippen molar-refractivity contribution in [3.8, 4) is 0 Å². The average Bonchev–Trinajstić information content (AvgIpc) is 2.56. The Kier molecular flexibility index (Phi) is 6.38. The number of methoxy groups -OCH3 is 2. The monoisotopic (exact) mass is 306 g/mol. The van der Waals surface area contributed by atoms with Crippen molar-refractivity contribution in [2.24, 2.45) is 11.7 Å². The van der Waals surface area contributed by atoms with E-state index in [0.717, 1.165) is 32.2 Å². The molecule has 1 aromatic rings. The lowest BCUT2D eigenvalue weighted by Gasteiger charge is -2.46. The summed E-state index contributed by atoms with van der Waals surface area (Å²) in [7, 11) is 5.71. The molecule has 2 atom stereocenters. The van der Waals surface area contributed by atoms with Crippen LogP contribution in [0, 0.1) is 5.92 Å². The van der Waals surface area contributed by atoms with Gasteiger partial charge in [0.2, 0.25) is 0 Å². The largest absolute Gasteiger partial charge is 0.353 e. The zero-order valence-electron chi connectivity index (χ0n) is 14.1. The van der Waals surface area contributed by atoms with Crippen LogP contribution < -0.4 is 5.73 Å². The third kappa shape index (κ3) is 3.87. The van der Waals surface area contributed by atoms with Crippen LogP contribution in [-0.4, -0.2) is 44.5 Å². The molecular weight excluding hydrogens is 276 g/mol. The lowest BCUT2D eigenvalue weighted by Crippen LogP contribution is -2.51. The predicted octanol–water partition coefficient (Wildman–Crippen LogP) is 2.62. The van der Waals surface area contributed by atoms with Crippen LogP contribution >= 0.6 is 0 Å². The van der Waals surface area contributed by atoms with Gasteiger partial charge in [-0.3, -0.25) is 4.90 Å². The van der Waals surface area contributed by atoms with Gasteiger partial charge in [0.1, 0.15) is 0 Å². The molecule has 0 spiro atoms. The molecule has 4 heteroatoms. The fourth-order valence-electron chi connectivity index (χ4n) is 3.76. The molecule has 1 aliphatic carbocycles. The number of ether oxygens (including phenoxy) is 2. The van der Waals surface area contributed by atoms with Crippen molar-refractivity contribution in [3.05, 3.63) is 35.9 Å². The van der Waals surface area contributed by atoms with Crippen LogP contribution in [0.3, 0.4) is 0 Å². The summed E-state index contributed by atoms with van der Waals surface area (Å²) < 4.78 is 11.5. The number of hydrogen-bond donors (Lipinski definition) is 1. The van der Waals surface area contributed by atoms with Crippen molar-refractivity contribution < 1.29 is 9.47 Å². The maximum Gasteiger partial charge on any atom is 0.170 e. The van der Waals surface area contributed by atoms with Gasteiger partial charge in [-0.1, -0.05) is 30.3 Å². The molecule has 2 N–H and O–H groups in total. The van der Waals surface area contributed by atoms with Crippen molar-refractivity contribution in [1.82, 2.24) is 4.90 Å². The highest BCUT2D eigenvalue weighted by atomic mass is 16.7. The zero-order chi connectivity index (χ0) is 16.0. The standard InChI is InChI=1S/C18H30N2O2/c1-20(14-15-7-5-4-6-8-15)17-9-11-18(21-2,22-3)16(13-17)10-12-19/h4-8,16-17H,9-14,19H2,1-3H3. The normalized spacial score (nSPS) is 24.6. The van der Waals surface area contributed by atoms with E-state index in [1.165, 1.54) is 5.56 Å². The Hall–Kier alpha value is -0.940. The molecule has 0 aliphatic heterocycles. The van der Waals surface area contributed by atoms with E-state index in [9.17, 15) is 0 Å². The Morgan fingerprint density at radius 1 is 1.23 bits per heavy atom. The van der Waals surface area contributed by atoms with E-state index in [-0.39, 0.29) is 0 Å². The number of hydrogen-bond acceptors (Lipinski definition) is 4. The Morgan fingerprint density at radius 2 is 1.91 bits per heavy atom. The number of nitrogens with zero attached hydrogens (tertiary/aromatic N) is 1. The van der Waals surface area contributed by atoms with Crippen LogP contribution in [0.5, 0.6) is 0 Å². The number of benzene rings is 1. The van der Waals surface area contributed by atoms with Crippen molar-refractivity contribution >= 4 is 0 Å². The van der Waals surface area contributed by atoms with Gasteiger partial charge in [0, 0.05) is 39.1 Å². The van der Waals surface area contributed by atoms with E-state index in [1.54, 1.807) is 14.2 Å². The molecule has 1 aliphatic rings. The molecule has 1 saturated carbocycles. The van der Waals surface area contributed by atoms with Crippen molar-refractivity contribution in [2.75, 3.05) is 27.8 Å². The molecule has 124 valence electrons. The summed E-state index contributed by atoms with van der Waals surface area (Å²) >= 11 is 0. The van der Waals surface area contributed by atoms with Gasteiger partial charge in [-0.25, -0.2) is 0 Å². The van der Waals surface area contributed by atoms with Crippen LogP contribution in [0.1, 0.15) is 31.2 Å². The first-order chi connectivity index (χ1) is 10.6. The third-order valence-electron chi connectivity index (χ3n) is 5.11. The van der Waals surface area contributed by atoms with E-state index >= 15 is 0 Å². The molecule has 1 aromatic carbocycles. The first-order valence-corrected chi connectivity index (χ1v) is 8.19. The molecular formula is C18H30N2O2. The van der Waals surface area contributed by atoms with Crippen LogP contribution in [0.2, 0.25) is 0 Å². The highest BCUT2D eigenvalue weighted by Gasteiger charge is 2.44. The minimum atomic E-state index is -0.455. The van der Waals surface area contributed by atoms with E-state index < -0.39 is 5.79 Å². The molecule has 1 fully saturated rings. The zero-order valence-corrected chi connectivity index (χ0v) is 14.1. The van der Waals surface area contributed by atoms with Crippen LogP contribution in [-0.2, 0) is 16.0 Å². The topological polar surface area (TPSA) is 47.7 Å². The van der Waals surface area contributed by atoms with Gasteiger partial charge in [-0.05, 0) is 38.4 Å². The summed E-state index contributed by atoms with van der Waals surface area (Å²) in [6.07, 6.45) is 4.03. The van der Waals surface area contributed by atoms with E-state index in [0.29, 0.717) is 18.5 Å². The van der Waals surface area contributed by atoms with Crippen LogP contribution in [0.25, 0.3) is 0 Å². The highest BCUT2D eigenvalue weighted by molar-refractivity contribution is 5.14. The van der Waals surface area contributed by atoms with Crippen LogP contribution in [0.15, 0.2) is 30.3 Å². The fourth-order valence-corrected chi connectivity index (χ4v) is 3.76. The Labute approximate surface area is 134 Å². The summed E-state index contributed by atoms with van der Waals surface area (Å²) in [5.74, 6) is -0.104. The van der Waals surface area contributed by atoms with Gasteiger partial charge < -0.3 is 15.2 Å². The van der Waals surface area contributed by atoms with Gasteiger partial charge >= 0.3 is 0 Å². The molecule has 0 heterocycles. The van der Waals surface area contributed by atoms with Crippen molar-refractivity contribution in [1.29, 1.82) is 0 Å². The lowest BCUT2D eigenvalue weighted by atomic mass is 9.78. The fraction of sp³-hybridized carbons (Fsp3) is 0.667. The minimum absolute atomic E-state index is 0.351. The first-order valence-electron chi connectivity index (χ1n) is 8.19. The van der Waals surface area contributed by atoms with Crippen molar-refractivity contribution in [2.45, 2.75) is 44.1 Å². The summed E-state index contributed by atoms with van der Waals surface area (Å²) in [5, 5.41) is 0. The maximum atomic E-state index is 5.81. The second-order valence-electron chi connectivity index (χ2n) is 6.32. The highest BCUT2D eigenvalue weighted by Crippen LogP contribution is 2.40. The minimum Gasteiger partial charge on any atom is -0.353 e. The van der Waals surface area contributed by atoms with Gasteiger partial charge in [-0.2, -0.15) is 0 Å². The second-order valence-corrected chi connectivity index (χ2v) is 6.32. The van der Waals surface area contributed by atoms with Crippen molar-refractivity contribution in [3.63, 3.8) is 0 Å². The Balaban J connectivity index is 2.01. The van der Waals surface area contributed by atoms with Crippen LogP contribution in [0.4, 0.5) is 0 Å². The summed E-state index contributed by atoms with van der Waals surface area (Å²) in [6, 6.07) is 11.2. The molecule has 4 nitrogen and oxygen atoms in total. The molecule has 2 rings (SSSR count). The SMILES string of the molecule is COC1(OC)CCC(N(C)Cc2ccccc2)CC1CCN. The predicted molar refractivity (Wildman–Crippen MR) is 89.5 cm³/mol. The molecule has 2 unspecified atom stereocenters. The second kappa shape index (κ2) is 8.06. The number of nitrogens with two attached hydrogens (primary N) is 1.